The molecule has 0 spiro atoms. The lowest BCUT2D eigenvalue weighted by Gasteiger charge is -2.18. The van der Waals surface area contributed by atoms with Crippen LogP contribution in [-0.2, 0) is 9.53 Å². The van der Waals surface area contributed by atoms with E-state index in [1.54, 1.807) is 0 Å². The van der Waals surface area contributed by atoms with Crippen LogP contribution in [0.25, 0.3) is 0 Å². The van der Waals surface area contributed by atoms with Gasteiger partial charge in [0.25, 0.3) is 5.91 Å². The van der Waals surface area contributed by atoms with Gasteiger partial charge >= 0.3 is 0 Å². The zero-order valence-corrected chi connectivity index (χ0v) is 11.4. The van der Waals surface area contributed by atoms with Gasteiger partial charge in [0.05, 0.1) is 6.10 Å². The van der Waals surface area contributed by atoms with E-state index in [0.717, 1.165) is 36.3 Å². The Hall–Kier alpha value is -1.59. The van der Waals surface area contributed by atoms with Gasteiger partial charge in [-0.1, -0.05) is 11.6 Å². The van der Waals surface area contributed by atoms with Crippen molar-refractivity contribution in [2.24, 2.45) is 5.84 Å². The summed E-state index contributed by atoms with van der Waals surface area (Å²) in [5.74, 6) is 5.44. The summed E-state index contributed by atoms with van der Waals surface area (Å²) in [6, 6.07) is 4.10. The zero-order valence-electron chi connectivity index (χ0n) is 11.4. The molecular weight excluding hydrogens is 244 g/mol. The molecule has 1 fully saturated rings. The molecule has 1 aromatic carbocycles. The Morgan fingerprint density at radius 2 is 2.32 bits per heavy atom. The number of aryl methyl sites for hydroxylation is 2. The van der Waals surface area contributed by atoms with E-state index in [-0.39, 0.29) is 18.6 Å². The van der Waals surface area contributed by atoms with Crippen LogP contribution < -0.4 is 16.0 Å². The highest BCUT2D eigenvalue weighted by Gasteiger charge is 2.23. The Morgan fingerprint density at radius 1 is 1.53 bits per heavy atom. The lowest BCUT2D eigenvalue weighted by Crippen LogP contribution is -2.34. The monoisotopic (exact) mass is 264 g/mol. The number of carbonyl (C=O) groups excluding carboxylic acids is 1. The molecule has 1 atom stereocenters. The largest absolute Gasteiger partial charge is 0.483 e. The molecule has 1 aromatic rings. The molecule has 104 valence electrons. The van der Waals surface area contributed by atoms with E-state index in [9.17, 15) is 4.79 Å². The molecule has 1 amide bonds. The molecule has 5 nitrogen and oxygen atoms in total. The smallest absolute Gasteiger partial charge is 0.271 e. The summed E-state index contributed by atoms with van der Waals surface area (Å²) >= 11 is 0. The van der Waals surface area contributed by atoms with Gasteiger partial charge in [-0.3, -0.25) is 10.2 Å². The second-order valence-corrected chi connectivity index (χ2v) is 4.86. The van der Waals surface area contributed by atoms with Gasteiger partial charge in [-0.15, -0.1) is 0 Å². The van der Waals surface area contributed by atoms with Crippen LogP contribution in [0.4, 0.5) is 0 Å². The Bertz CT molecular complexity index is 468. The van der Waals surface area contributed by atoms with E-state index < -0.39 is 0 Å². The van der Waals surface area contributed by atoms with Crippen LogP contribution >= 0.6 is 0 Å². The maximum atomic E-state index is 11.2. The highest BCUT2D eigenvalue weighted by Crippen LogP contribution is 2.37. The Morgan fingerprint density at radius 3 is 2.95 bits per heavy atom. The number of nitrogens with one attached hydrogen (secondary N) is 1. The van der Waals surface area contributed by atoms with E-state index in [0.29, 0.717) is 0 Å². The van der Waals surface area contributed by atoms with Crippen LogP contribution in [0.1, 0.15) is 35.6 Å². The van der Waals surface area contributed by atoms with Gasteiger partial charge in [-0.2, -0.15) is 0 Å². The number of rotatable bonds is 4. The fourth-order valence-corrected chi connectivity index (χ4v) is 2.43. The van der Waals surface area contributed by atoms with Crippen molar-refractivity contribution in [2.75, 3.05) is 13.2 Å². The number of benzene rings is 1. The molecule has 0 aromatic heterocycles. The van der Waals surface area contributed by atoms with Crippen molar-refractivity contribution in [3.63, 3.8) is 0 Å². The number of carbonyl (C=O) groups is 1. The first-order valence-electron chi connectivity index (χ1n) is 6.47. The predicted molar refractivity (Wildman–Crippen MR) is 71.7 cm³/mol. The standard InChI is InChI=1S/C14H20N2O3/c1-9-6-10(2)14(19-8-13(17)16-15)11(7-9)12-4-3-5-18-12/h6-7,12H,3-5,8,15H2,1-2H3,(H,16,17). The second-order valence-electron chi connectivity index (χ2n) is 4.86. The quantitative estimate of drug-likeness (QED) is 0.491. The number of hydrazine groups is 1. The summed E-state index contributed by atoms with van der Waals surface area (Å²) in [7, 11) is 0. The third-order valence-corrected chi connectivity index (χ3v) is 3.23. The maximum Gasteiger partial charge on any atom is 0.271 e. The maximum absolute atomic E-state index is 11.2. The Labute approximate surface area is 113 Å². The summed E-state index contributed by atoms with van der Waals surface area (Å²) in [6.07, 6.45) is 2.11. The molecule has 1 heterocycles. The fourth-order valence-electron chi connectivity index (χ4n) is 2.43. The van der Waals surface area contributed by atoms with Crippen molar-refractivity contribution < 1.29 is 14.3 Å². The summed E-state index contributed by atoms with van der Waals surface area (Å²) in [5.41, 5.74) is 5.26. The minimum Gasteiger partial charge on any atom is -0.483 e. The number of ether oxygens (including phenoxy) is 2. The van der Waals surface area contributed by atoms with E-state index in [4.69, 9.17) is 15.3 Å². The first-order valence-corrected chi connectivity index (χ1v) is 6.47. The van der Waals surface area contributed by atoms with Gasteiger partial charge in [-0.05, 0) is 38.3 Å². The molecule has 1 aliphatic heterocycles. The molecule has 2 rings (SSSR count). The summed E-state index contributed by atoms with van der Waals surface area (Å²) < 4.78 is 11.3. The third kappa shape index (κ3) is 3.24. The molecule has 0 saturated carbocycles. The molecule has 0 aliphatic carbocycles. The molecule has 0 bridgehead atoms. The van der Waals surface area contributed by atoms with Crippen LogP contribution in [0, 0.1) is 13.8 Å². The van der Waals surface area contributed by atoms with Crippen LogP contribution in [0.5, 0.6) is 5.75 Å². The summed E-state index contributed by atoms with van der Waals surface area (Å²) in [6.45, 7) is 4.71. The van der Waals surface area contributed by atoms with Crippen molar-refractivity contribution >= 4 is 5.91 Å². The molecule has 1 unspecified atom stereocenters. The first kappa shape index (κ1) is 13.8. The molecule has 5 heteroatoms. The fraction of sp³-hybridized carbons (Fsp3) is 0.500. The lowest BCUT2D eigenvalue weighted by molar-refractivity contribution is -0.123. The summed E-state index contributed by atoms with van der Waals surface area (Å²) in [5, 5.41) is 0. The summed E-state index contributed by atoms with van der Waals surface area (Å²) in [4.78, 5) is 11.2. The number of hydrogen-bond acceptors (Lipinski definition) is 4. The first-order chi connectivity index (χ1) is 9.11. The Balaban J connectivity index is 2.26. The van der Waals surface area contributed by atoms with Crippen LogP contribution in [-0.4, -0.2) is 19.1 Å². The third-order valence-electron chi connectivity index (χ3n) is 3.23. The molecule has 1 saturated heterocycles. The molecule has 1 aliphatic rings. The van der Waals surface area contributed by atoms with E-state index >= 15 is 0 Å². The second kappa shape index (κ2) is 6.04. The molecule has 3 N–H and O–H groups in total. The number of hydrogen-bond donors (Lipinski definition) is 2. The van der Waals surface area contributed by atoms with Crippen molar-refractivity contribution in [1.82, 2.24) is 5.43 Å². The van der Waals surface area contributed by atoms with E-state index in [2.05, 4.69) is 11.5 Å². The van der Waals surface area contributed by atoms with E-state index in [1.807, 2.05) is 19.9 Å². The zero-order chi connectivity index (χ0) is 13.8. The van der Waals surface area contributed by atoms with Crippen LogP contribution in [0.2, 0.25) is 0 Å². The van der Waals surface area contributed by atoms with Crippen LogP contribution in [0.3, 0.4) is 0 Å². The molecule has 19 heavy (non-hydrogen) atoms. The average molecular weight is 264 g/mol. The van der Waals surface area contributed by atoms with Crippen molar-refractivity contribution in [1.29, 1.82) is 0 Å². The SMILES string of the molecule is Cc1cc(C)c(OCC(=O)NN)c(C2CCCO2)c1. The topological polar surface area (TPSA) is 73.6 Å². The van der Waals surface area contributed by atoms with Crippen molar-refractivity contribution in [3.05, 3.63) is 28.8 Å². The van der Waals surface area contributed by atoms with Gasteiger partial charge in [-0.25, -0.2) is 5.84 Å². The minimum atomic E-state index is -0.349. The molecule has 0 radical (unpaired) electrons. The lowest BCUT2D eigenvalue weighted by atomic mass is 9.99. The van der Waals surface area contributed by atoms with Crippen LogP contribution in [0.15, 0.2) is 12.1 Å². The predicted octanol–water partition coefficient (Wildman–Crippen LogP) is 1.52. The Kier molecular flexibility index (Phi) is 4.39. The number of nitrogens with two attached hydrogens (primary N) is 1. The van der Waals surface area contributed by atoms with Crippen molar-refractivity contribution in [2.45, 2.75) is 32.8 Å². The van der Waals surface area contributed by atoms with E-state index in [1.165, 1.54) is 5.56 Å². The average Bonchev–Trinajstić information content (AvgIpc) is 2.90. The minimum absolute atomic E-state index is 0.0644. The van der Waals surface area contributed by atoms with Gasteiger partial charge in [0.1, 0.15) is 5.75 Å². The van der Waals surface area contributed by atoms with Gasteiger partial charge in [0.15, 0.2) is 6.61 Å². The van der Waals surface area contributed by atoms with Gasteiger partial charge < -0.3 is 9.47 Å². The number of amides is 1. The highest BCUT2D eigenvalue weighted by atomic mass is 16.5. The van der Waals surface area contributed by atoms with Crippen molar-refractivity contribution in [3.8, 4) is 5.75 Å². The molecular formula is C14H20N2O3. The van der Waals surface area contributed by atoms with Gasteiger partial charge in [0, 0.05) is 12.2 Å². The normalized spacial score (nSPS) is 18.4. The highest BCUT2D eigenvalue weighted by molar-refractivity contribution is 5.76. The van der Waals surface area contributed by atoms with Gasteiger partial charge in [0.2, 0.25) is 0 Å².